The standard InChI is InChI=1S/C11H16N2S/c1-12(2)6-4-9-8-13(3)11-10(9)5-7-14-11/h5,7-8H,4,6H2,1-3H3. The van der Waals surface area contributed by atoms with E-state index in [2.05, 4.69) is 48.3 Å². The Kier molecular flexibility index (Phi) is 2.61. The van der Waals surface area contributed by atoms with E-state index in [1.54, 1.807) is 0 Å². The van der Waals surface area contributed by atoms with Gasteiger partial charge in [-0.2, -0.15) is 0 Å². The molecular weight excluding hydrogens is 192 g/mol. The molecule has 0 saturated carbocycles. The SMILES string of the molecule is CN(C)CCc1cn(C)c2sccc12. The highest BCUT2D eigenvalue weighted by molar-refractivity contribution is 7.16. The first kappa shape index (κ1) is 9.74. The van der Waals surface area contributed by atoms with Crippen LogP contribution in [0.3, 0.4) is 0 Å². The molecule has 3 heteroatoms. The molecule has 0 unspecified atom stereocenters. The summed E-state index contributed by atoms with van der Waals surface area (Å²) in [5.74, 6) is 0. The van der Waals surface area contributed by atoms with Crippen LogP contribution in [-0.2, 0) is 13.5 Å². The van der Waals surface area contributed by atoms with Crippen molar-refractivity contribution in [1.82, 2.24) is 9.47 Å². The van der Waals surface area contributed by atoms with E-state index in [1.165, 1.54) is 15.8 Å². The minimum absolute atomic E-state index is 1.12. The van der Waals surface area contributed by atoms with Gasteiger partial charge < -0.3 is 9.47 Å². The predicted molar refractivity (Wildman–Crippen MR) is 63.1 cm³/mol. The number of likely N-dealkylation sites (N-methyl/N-ethyl adjacent to an activating group) is 1. The Hall–Kier alpha value is -0.800. The van der Waals surface area contributed by atoms with E-state index >= 15 is 0 Å². The summed E-state index contributed by atoms with van der Waals surface area (Å²) in [6.07, 6.45) is 3.39. The number of aryl methyl sites for hydroxylation is 1. The van der Waals surface area contributed by atoms with Crippen LogP contribution in [-0.4, -0.2) is 30.1 Å². The molecule has 0 spiro atoms. The van der Waals surface area contributed by atoms with Gasteiger partial charge >= 0.3 is 0 Å². The van der Waals surface area contributed by atoms with E-state index in [4.69, 9.17) is 0 Å². The summed E-state index contributed by atoms with van der Waals surface area (Å²) < 4.78 is 2.23. The van der Waals surface area contributed by atoms with Crippen molar-refractivity contribution < 1.29 is 0 Å². The fraction of sp³-hybridized carbons (Fsp3) is 0.455. The Labute approximate surface area is 88.8 Å². The minimum atomic E-state index is 1.12. The van der Waals surface area contributed by atoms with Gasteiger partial charge in [0, 0.05) is 25.2 Å². The van der Waals surface area contributed by atoms with Crippen molar-refractivity contribution in [1.29, 1.82) is 0 Å². The molecule has 0 radical (unpaired) electrons. The second-order valence-corrected chi connectivity index (χ2v) is 4.85. The zero-order valence-corrected chi connectivity index (χ0v) is 9.77. The van der Waals surface area contributed by atoms with Crippen molar-refractivity contribution in [2.75, 3.05) is 20.6 Å². The molecule has 0 N–H and O–H groups in total. The zero-order chi connectivity index (χ0) is 10.1. The third kappa shape index (κ3) is 1.70. The maximum Gasteiger partial charge on any atom is 0.102 e. The van der Waals surface area contributed by atoms with Gasteiger partial charge in [-0.15, -0.1) is 11.3 Å². The molecule has 0 bridgehead atoms. The summed E-state index contributed by atoms with van der Waals surface area (Å²) in [6, 6.07) is 2.23. The van der Waals surface area contributed by atoms with Crippen molar-refractivity contribution in [3.8, 4) is 0 Å². The molecule has 2 aromatic heterocycles. The van der Waals surface area contributed by atoms with Crippen molar-refractivity contribution in [3.63, 3.8) is 0 Å². The smallest absolute Gasteiger partial charge is 0.102 e. The lowest BCUT2D eigenvalue weighted by atomic mass is 10.2. The van der Waals surface area contributed by atoms with Crippen molar-refractivity contribution in [2.45, 2.75) is 6.42 Å². The van der Waals surface area contributed by atoms with Gasteiger partial charge in [0.1, 0.15) is 4.83 Å². The Morgan fingerprint density at radius 1 is 1.43 bits per heavy atom. The number of hydrogen-bond donors (Lipinski definition) is 0. The van der Waals surface area contributed by atoms with Gasteiger partial charge in [0.15, 0.2) is 0 Å². The van der Waals surface area contributed by atoms with Crippen molar-refractivity contribution in [3.05, 3.63) is 23.2 Å². The molecule has 76 valence electrons. The van der Waals surface area contributed by atoms with Gasteiger partial charge in [-0.1, -0.05) is 0 Å². The predicted octanol–water partition coefficient (Wildman–Crippen LogP) is 2.34. The molecule has 0 aliphatic rings. The third-order valence-electron chi connectivity index (χ3n) is 2.49. The Morgan fingerprint density at radius 2 is 2.21 bits per heavy atom. The fourth-order valence-corrected chi connectivity index (χ4v) is 2.60. The number of nitrogens with zero attached hydrogens (tertiary/aromatic N) is 2. The lowest BCUT2D eigenvalue weighted by molar-refractivity contribution is 0.414. The molecule has 2 heterocycles. The first-order valence-electron chi connectivity index (χ1n) is 4.84. The van der Waals surface area contributed by atoms with Gasteiger partial charge in [-0.25, -0.2) is 0 Å². The molecular formula is C11H16N2S. The first-order valence-corrected chi connectivity index (χ1v) is 5.72. The summed E-state index contributed by atoms with van der Waals surface area (Å²) in [4.78, 5) is 3.62. The largest absolute Gasteiger partial charge is 0.342 e. The topological polar surface area (TPSA) is 8.17 Å². The number of aromatic nitrogens is 1. The van der Waals surface area contributed by atoms with Gasteiger partial charge in [-0.3, -0.25) is 0 Å². The van der Waals surface area contributed by atoms with E-state index in [0.717, 1.165) is 13.0 Å². The van der Waals surface area contributed by atoms with Gasteiger partial charge in [0.05, 0.1) is 0 Å². The summed E-state index contributed by atoms with van der Waals surface area (Å²) in [7, 11) is 6.36. The number of hydrogen-bond acceptors (Lipinski definition) is 2. The Morgan fingerprint density at radius 3 is 2.93 bits per heavy atom. The average Bonchev–Trinajstić information content (AvgIpc) is 2.67. The highest BCUT2D eigenvalue weighted by Crippen LogP contribution is 2.25. The van der Waals surface area contributed by atoms with Crippen LogP contribution in [0.15, 0.2) is 17.6 Å². The molecule has 2 rings (SSSR count). The van der Waals surface area contributed by atoms with Gasteiger partial charge in [0.2, 0.25) is 0 Å². The molecule has 0 saturated heterocycles. The van der Waals surface area contributed by atoms with Crippen molar-refractivity contribution >= 4 is 21.6 Å². The lowest BCUT2D eigenvalue weighted by Gasteiger charge is -2.07. The quantitative estimate of drug-likeness (QED) is 0.751. The molecule has 2 nitrogen and oxygen atoms in total. The van der Waals surface area contributed by atoms with Gasteiger partial charge in [-0.05, 0) is 37.5 Å². The average molecular weight is 208 g/mol. The molecule has 14 heavy (non-hydrogen) atoms. The molecule has 0 aromatic carbocycles. The van der Waals surface area contributed by atoms with Crippen LogP contribution in [0.25, 0.3) is 10.2 Å². The zero-order valence-electron chi connectivity index (χ0n) is 8.95. The van der Waals surface area contributed by atoms with Gasteiger partial charge in [0.25, 0.3) is 0 Å². The Bertz CT molecular complexity index is 425. The Balaban J connectivity index is 2.28. The second kappa shape index (κ2) is 3.75. The molecule has 0 fully saturated rings. The normalized spacial score (nSPS) is 11.7. The fourth-order valence-electron chi connectivity index (χ4n) is 1.72. The van der Waals surface area contributed by atoms with Crippen LogP contribution in [0, 0.1) is 0 Å². The summed E-state index contributed by atoms with van der Waals surface area (Å²) in [5.41, 5.74) is 1.47. The first-order chi connectivity index (χ1) is 6.68. The number of rotatable bonds is 3. The van der Waals surface area contributed by atoms with E-state index in [-0.39, 0.29) is 0 Å². The lowest BCUT2D eigenvalue weighted by Crippen LogP contribution is -2.14. The summed E-state index contributed by atoms with van der Waals surface area (Å²) >= 11 is 1.82. The third-order valence-corrected chi connectivity index (χ3v) is 3.49. The van der Waals surface area contributed by atoms with Crippen LogP contribution in [0.1, 0.15) is 5.56 Å². The highest BCUT2D eigenvalue weighted by atomic mass is 32.1. The summed E-state index contributed by atoms with van der Waals surface area (Å²) in [6.45, 7) is 1.12. The molecule has 2 aromatic rings. The van der Waals surface area contributed by atoms with Crippen LogP contribution < -0.4 is 0 Å². The van der Waals surface area contributed by atoms with Crippen LogP contribution in [0.5, 0.6) is 0 Å². The van der Waals surface area contributed by atoms with Crippen LogP contribution >= 0.6 is 11.3 Å². The minimum Gasteiger partial charge on any atom is -0.342 e. The van der Waals surface area contributed by atoms with E-state index < -0.39 is 0 Å². The second-order valence-electron chi connectivity index (χ2n) is 3.96. The molecule has 0 amide bonds. The monoisotopic (exact) mass is 208 g/mol. The molecule has 0 atom stereocenters. The van der Waals surface area contributed by atoms with Crippen LogP contribution in [0.4, 0.5) is 0 Å². The maximum absolute atomic E-state index is 2.25. The van der Waals surface area contributed by atoms with E-state index in [9.17, 15) is 0 Å². The number of fused-ring (bicyclic) bond motifs is 1. The van der Waals surface area contributed by atoms with E-state index in [0.29, 0.717) is 0 Å². The maximum atomic E-state index is 2.25. The molecule has 0 aliphatic carbocycles. The van der Waals surface area contributed by atoms with Crippen molar-refractivity contribution in [2.24, 2.45) is 7.05 Å². The summed E-state index contributed by atoms with van der Waals surface area (Å²) in [5, 5.41) is 3.60. The molecule has 0 aliphatic heterocycles. The number of thiophene rings is 1. The van der Waals surface area contributed by atoms with Crippen LogP contribution in [0.2, 0.25) is 0 Å². The van der Waals surface area contributed by atoms with E-state index in [1.807, 2.05) is 11.3 Å². The highest BCUT2D eigenvalue weighted by Gasteiger charge is 2.07.